The zero-order chi connectivity index (χ0) is 27.4. The second-order valence-corrected chi connectivity index (χ2v) is 10.8. The quantitative estimate of drug-likeness (QED) is 0.240. The zero-order valence-corrected chi connectivity index (χ0v) is 23.6. The van der Waals surface area contributed by atoms with Crippen molar-refractivity contribution >= 4 is 5.91 Å². The van der Waals surface area contributed by atoms with E-state index in [0.717, 1.165) is 50.6 Å². The number of carbonyl (C=O) groups is 1. The van der Waals surface area contributed by atoms with Gasteiger partial charge in [0.1, 0.15) is 11.6 Å². The summed E-state index contributed by atoms with van der Waals surface area (Å²) in [7, 11) is 1.66. The van der Waals surface area contributed by atoms with Gasteiger partial charge in [0.25, 0.3) is 5.91 Å². The molecule has 5 nitrogen and oxygen atoms in total. The Labute approximate surface area is 226 Å². The summed E-state index contributed by atoms with van der Waals surface area (Å²) >= 11 is 0. The fourth-order valence-corrected chi connectivity index (χ4v) is 4.65. The normalized spacial score (nSPS) is 11.4. The van der Waals surface area contributed by atoms with E-state index in [0.29, 0.717) is 12.5 Å². The highest BCUT2D eigenvalue weighted by molar-refractivity contribution is 5.97. The van der Waals surface area contributed by atoms with Crippen LogP contribution < -0.4 is 10.1 Å². The van der Waals surface area contributed by atoms with Crippen LogP contribution in [0.25, 0.3) is 22.6 Å². The molecule has 0 bridgehead atoms. The minimum absolute atomic E-state index is 0.00745. The Balaban J connectivity index is 1.49. The molecule has 0 aliphatic heterocycles. The Kier molecular flexibility index (Phi) is 8.35. The standard InChI is InChI=1S/C33H39N3O2/c1-20(2)26-16-28(21(3)4)31(29(17-26)22(5)6)33(37)35-18-23-8-10-25(11-9-23)32-34-19-30(36-32)24-12-14-27(38-7)15-13-24/h8-17,19-22H,18H2,1-7H3,(H,34,36)(H,35,37). The third kappa shape index (κ3) is 5.99. The van der Waals surface area contributed by atoms with Crippen molar-refractivity contribution in [3.63, 3.8) is 0 Å². The van der Waals surface area contributed by atoms with Crippen LogP contribution in [-0.4, -0.2) is 23.0 Å². The van der Waals surface area contributed by atoms with Crippen molar-refractivity contribution in [3.8, 4) is 28.4 Å². The maximum absolute atomic E-state index is 13.5. The summed E-state index contributed by atoms with van der Waals surface area (Å²) in [6.45, 7) is 13.5. The van der Waals surface area contributed by atoms with Gasteiger partial charge in [0.15, 0.2) is 0 Å². The molecule has 5 heteroatoms. The number of hydrogen-bond acceptors (Lipinski definition) is 3. The molecule has 1 heterocycles. The molecule has 1 amide bonds. The first-order valence-electron chi connectivity index (χ1n) is 13.4. The molecule has 0 unspecified atom stereocenters. The van der Waals surface area contributed by atoms with Crippen LogP contribution in [0.15, 0.2) is 66.9 Å². The number of nitrogens with zero attached hydrogens (tertiary/aromatic N) is 1. The molecule has 198 valence electrons. The molecule has 0 aliphatic rings. The summed E-state index contributed by atoms with van der Waals surface area (Å²) in [6, 6.07) is 20.5. The van der Waals surface area contributed by atoms with Crippen molar-refractivity contribution < 1.29 is 9.53 Å². The van der Waals surface area contributed by atoms with E-state index in [1.165, 1.54) is 5.56 Å². The summed E-state index contributed by atoms with van der Waals surface area (Å²) in [4.78, 5) is 21.4. The van der Waals surface area contributed by atoms with Crippen molar-refractivity contribution in [2.75, 3.05) is 7.11 Å². The molecule has 0 atom stereocenters. The Bertz CT molecular complexity index is 1350. The molecule has 2 N–H and O–H groups in total. The average molecular weight is 510 g/mol. The molecule has 0 radical (unpaired) electrons. The number of rotatable bonds is 9. The van der Waals surface area contributed by atoms with Gasteiger partial charge in [-0.1, -0.05) is 77.9 Å². The predicted octanol–water partition coefficient (Wildman–Crippen LogP) is 8.05. The van der Waals surface area contributed by atoms with Gasteiger partial charge in [-0.15, -0.1) is 0 Å². The number of methoxy groups -OCH3 is 1. The van der Waals surface area contributed by atoms with Gasteiger partial charge in [-0.25, -0.2) is 4.98 Å². The van der Waals surface area contributed by atoms with Gasteiger partial charge in [-0.05, 0) is 69.8 Å². The SMILES string of the molecule is COc1ccc(-c2cnc(-c3ccc(CNC(=O)c4c(C(C)C)cc(C(C)C)cc4C(C)C)cc3)[nH]2)cc1. The molecular formula is C33H39N3O2. The van der Waals surface area contributed by atoms with Gasteiger partial charge in [0.2, 0.25) is 0 Å². The maximum Gasteiger partial charge on any atom is 0.252 e. The summed E-state index contributed by atoms with van der Waals surface area (Å²) in [5.41, 5.74) is 8.40. The Morgan fingerprint density at radius 1 is 0.842 bits per heavy atom. The monoisotopic (exact) mass is 509 g/mol. The van der Waals surface area contributed by atoms with Crippen molar-refractivity contribution in [2.24, 2.45) is 0 Å². The number of imidazole rings is 1. The molecule has 0 spiro atoms. The zero-order valence-electron chi connectivity index (χ0n) is 23.6. The van der Waals surface area contributed by atoms with Gasteiger partial charge >= 0.3 is 0 Å². The Hall–Kier alpha value is -3.86. The summed E-state index contributed by atoms with van der Waals surface area (Å²) in [5, 5.41) is 3.18. The van der Waals surface area contributed by atoms with Crippen LogP contribution >= 0.6 is 0 Å². The van der Waals surface area contributed by atoms with E-state index in [-0.39, 0.29) is 17.7 Å². The van der Waals surface area contributed by atoms with Crippen molar-refractivity contribution in [2.45, 2.75) is 65.8 Å². The van der Waals surface area contributed by atoms with E-state index in [2.05, 4.69) is 69.0 Å². The number of aromatic amines is 1. The van der Waals surface area contributed by atoms with Crippen LogP contribution in [0.1, 0.15) is 91.9 Å². The number of H-pyrrole nitrogens is 1. The lowest BCUT2D eigenvalue weighted by molar-refractivity contribution is 0.0948. The van der Waals surface area contributed by atoms with E-state index in [4.69, 9.17) is 4.74 Å². The lowest BCUT2D eigenvalue weighted by atomic mass is 9.84. The third-order valence-corrected chi connectivity index (χ3v) is 7.02. The summed E-state index contributed by atoms with van der Waals surface area (Å²) in [6.07, 6.45) is 1.84. The second-order valence-electron chi connectivity index (χ2n) is 10.8. The predicted molar refractivity (Wildman–Crippen MR) is 156 cm³/mol. The highest BCUT2D eigenvalue weighted by atomic mass is 16.5. The molecular weight excluding hydrogens is 470 g/mol. The van der Waals surface area contributed by atoms with E-state index < -0.39 is 0 Å². The van der Waals surface area contributed by atoms with Crippen LogP contribution in [0.5, 0.6) is 5.75 Å². The van der Waals surface area contributed by atoms with Crippen molar-refractivity contribution in [1.29, 1.82) is 0 Å². The van der Waals surface area contributed by atoms with Crippen molar-refractivity contribution in [1.82, 2.24) is 15.3 Å². The van der Waals surface area contributed by atoms with Crippen LogP contribution in [0.3, 0.4) is 0 Å². The van der Waals surface area contributed by atoms with Gasteiger partial charge in [0, 0.05) is 17.7 Å². The van der Waals surface area contributed by atoms with Crippen molar-refractivity contribution in [3.05, 3.63) is 94.7 Å². The van der Waals surface area contributed by atoms with Gasteiger partial charge in [-0.2, -0.15) is 0 Å². The van der Waals surface area contributed by atoms with E-state index >= 15 is 0 Å². The van der Waals surface area contributed by atoms with Gasteiger partial charge in [-0.3, -0.25) is 4.79 Å². The largest absolute Gasteiger partial charge is 0.497 e. The number of carbonyl (C=O) groups excluding carboxylic acids is 1. The molecule has 4 aromatic rings. The highest BCUT2D eigenvalue weighted by Crippen LogP contribution is 2.32. The minimum atomic E-state index is -0.00745. The Morgan fingerprint density at radius 3 is 1.95 bits per heavy atom. The summed E-state index contributed by atoms with van der Waals surface area (Å²) < 4.78 is 5.24. The topological polar surface area (TPSA) is 67.0 Å². The average Bonchev–Trinajstić information content (AvgIpc) is 3.41. The van der Waals surface area contributed by atoms with Crippen LogP contribution in [0.4, 0.5) is 0 Å². The first-order valence-corrected chi connectivity index (χ1v) is 13.4. The highest BCUT2D eigenvalue weighted by Gasteiger charge is 2.22. The fourth-order valence-electron chi connectivity index (χ4n) is 4.65. The van der Waals surface area contributed by atoms with Crippen LogP contribution in [0, 0.1) is 0 Å². The summed E-state index contributed by atoms with van der Waals surface area (Å²) in [5.74, 6) is 2.57. The number of nitrogens with one attached hydrogen (secondary N) is 2. The molecule has 1 aromatic heterocycles. The first-order chi connectivity index (χ1) is 18.2. The number of ether oxygens (including phenoxy) is 1. The molecule has 0 saturated carbocycles. The van der Waals surface area contributed by atoms with E-state index in [9.17, 15) is 4.79 Å². The molecule has 3 aromatic carbocycles. The minimum Gasteiger partial charge on any atom is -0.497 e. The van der Waals surface area contributed by atoms with Crippen LogP contribution in [-0.2, 0) is 6.54 Å². The maximum atomic E-state index is 13.5. The van der Waals surface area contributed by atoms with E-state index in [1.54, 1.807) is 7.11 Å². The second kappa shape index (κ2) is 11.7. The first kappa shape index (κ1) is 27.2. The molecule has 0 saturated heterocycles. The molecule has 0 fully saturated rings. The lowest BCUT2D eigenvalue weighted by Gasteiger charge is -2.22. The fraction of sp³-hybridized carbons (Fsp3) is 0.333. The van der Waals surface area contributed by atoms with Gasteiger partial charge in [0.05, 0.1) is 19.0 Å². The van der Waals surface area contributed by atoms with Gasteiger partial charge < -0.3 is 15.0 Å². The number of aromatic nitrogens is 2. The molecule has 0 aliphatic carbocycles. The number of benzene rings is 3. The van der Waals surface area contributed by atoms with E-state index in [1.807, 2.05) is 54.7 Å². The Morgan fingerprint density at radius 2 is 1.42 bits per heavy atom. The molecule has 4 rings (SSSR count). The van der Waals surface area contributed by atoms with Crippen LogP contribution in [0.2, 0.25) is 0 Å². The third-order valence-electron chi connectivity index (χ3n) is 7.02. The lowest BCUT2D eigenvalue weighted by Crippen LogP contribution is -2.26. The smallest absolute Gasteiger partial charge is 0.252 e. The number of amides is 1. The number of hydrogen-bond donors (Lipinski definition) is 2. The molecule has 38 heavy (non-hydrogen) atoms.